The third-order valence-electron chi connectivity index (χ3n) is 11.5. The fraction of sp³-hybridized carbons (Fsp3) is 0.868. The molecule has 0 aliphatic carbocycles. The molecule has 14 atom stereocenters. The maximum Gasteiger partial charge on any atom is 0.172 e. The van der Waals surface area contributed by atoms with E-state index in [2.05, 4.69) is 27.0 Å². The van der Waals surface area contributed by atoms with Gasteiger partial charge < -0.3 is 47.2 Å². The fourth-order valence-electron chi connectivity index (χ4n) is 8.75. The number of carbonyl (C=O) groups is 1. The summed E-state index contributed by atoms with van der Waals surface area (Å²) in [6.45, 7) is 16.4. The first-order valence-electron chi connectivity index (χ1n) is 19.2. The molecule has 0 aromatic rings. The molecule has 1 N–H and O–H groups in total. The van der Waals surface area contributed by atoms with Gasteiger partial charge in [-0.15, -0.1) is 0 Å². The Balaban J connectivity index is 0.000000233. The van der Waals surface area contributed by atoms with Crippen LogP contribution in [0.2, 0.25) is 0 Å². The minimum atomic E-state index is -0.681. The summed E-state index contributed by atoms with van der Waals surface area (Å²) in [7, 11) is 1.24. The van der Waals surface area contributed by atoms with Crippen LogP contribution in [0, 0.1) is 5.92 Å². The van der Waals surface area contributed by atoms with Crippen LogP contribution in [0.15, 0.2) is 24.3 Å². The summed E-state index contributed by atoms with van der Waals surface area (Å²) in [4.78, 5) is 12.9. The number of ketones is 1. The summed E-state index contributed by atoms with van der Waals surface area (Å²) in [5, 5.41) is 8.54. The average molecular weight is 851 g/mol. The van der Waals surface area contributed by atoms with Crippen LogP contribution in [0.4, 0.5) is 0 Å². The summed E-state index contributed by atoms with van der Waals surface area (Å²) in [6.07, 6.45) is 9.98. The van der Waals surface area contributed by atoms with Gasteiger partial charge in [-0.05, 0) is 76.7 Å². The Kier molecular flexibility index (Phi) is 14.8. The highest BCUT2D eigenvalue weighted by Gasteiger charge is 2.68. The largest absolute Gasteiger partial charge is 0.391 e. The van der Waals surface area contributed by atoms with E-state index in [4.69, 9.17) is 47.2 Å². The molecule has 51 heavy (non-hydrogen) atoms. The van der Waals surface area contributed by atoms with Crippen molar-refractivity contribution in [3.63, 3.8) is 0 Å². The van der Waals surface area contributed by atoms with Crippen molar-refractivity contribution in [3.8, 4) is 0 Å². The number of ether oxygens (including phenoxy) is 8. The van der Waals surface area contributed by atoms with E-state index in [9.17, 15) is 4.79 Å². The molecule has 0 aromatic carbocycles. The van der Waals surface area contributed by atoms with Gasteiger partial charge in [0.15, 0.2) is 5.79 Å². The number of rotatable bonds is 11. The summed E-state index contributed by atoms with van der Waals surface area (Å²) >= 11 is 2.00. The van der Waals surface area contributed by atoms with E-state index >= 15 is 0 Å². The smallest absolute Gasteiger partial charge is 0.172 e. The van der Waals surface area contributed by atoms with E-state index < -0.39 is 5.79 Å². The van der Waals surface area contributed by atoms with Crippen LogP contribution in [-0.2, 0) is 46.9 Å². The number of hydrogen-bond acceptors (Lipinski definition) is 12. The first kappa shape index (κ1) is 40.5. The molecule has 0 saturated carbocycles. The number of carbonyl (C=O) groups excluding carboxylic acids is 1. The summed E-state index contributed by atoms with van der Waals surface area (Å²) in [6, 6.07) is 0. The quantitative estimate of drug-likeness (QED) is 0.142. The van der Waals surface area contributed by atoms with Gasteiger partial charge in [-0.25, -0.2) is 0 Å². The highest BCUT2D eigenvalue weighted by molar-refractivity contribution is 14.2. The van der Waals surface area contributed by atoms with Crippen molar-refractivity contribution in [2.75, 3.05) is 26.4 Å². The van der Waals surface area contributed by atoms with Crippen molar-refractivity contribution in [2.24, 2.45) is 5.92 Å². The van der Waals surface area contributed by atoms with E-state index in [1.165, 1.54) is 27.6 Å². The lowest BCUT2D eigenvalue weighted by molar-refractivity contribution is -0.292. The molecule has 290 valence electrons. The number of Topliss-reactive ketones (excluding diaryl/α,β-unsaturated/α-hetero) is 1. The molecule has 11 nitrogen and oxygen atoms in total. The van der Waals surface area contributed by atoms with Crippen molar-refractivity contribution < 1.29 is 52.0 Å². The Morgan fingerprint density at radius 2 is 1.67 bits per heavy atom. The van der Waals surface area contributed by atoms with Crippen LogP contribution in [0.25, 0.3) is 0 Å². The Bertz CT molecular complexity index is 1180. The molecule has 9 fully saturated rings. The maximum atomic E-state index is 12.9. The molecule has 13 heteroatoms. The minimum absolute atomic E-state index is 0.00242. The van der Waals surface area contributed by atoms with E-state index in [1.54, 1.807) is 6.92 Å². The standard InChI is InChI=1S/C27H38O8.C8H14O.C3H7IO2S/c1-14-9-18(30-13-14)5-7-27-12-21-23(34-27)24-25(33-21)26(35-27)22-20(32-24)4-3-19(31-22)11-17(28)10-16-6-8-29-15(16)2;1-3-8-5-4-7(2)6-9-8;1-3(5)2-6-7-4/h15-16,18-26H,1,3-13H2,2H3;8H,2-6H2,1H3;3,5H,2H2,1H3/t15-,16?,18?,19?,20?,21+,22-,23?,24-,25?,26?,27-;8-;/m00./s1. The molecular formula is C38H59IO11S. The van der Waals surface area contributed by atoms with Gasteiger partial charge >= 0.3 is 0 Å². The second kappa shape index (κ2) is 18.6. The number of halogens is 1. The molecule has 9 aliphatic heterocycles. The molecule has 9 rings (SSSR count). The molecule has 9 aliphatic rings. The van der Waals surface area contributed by atoms with Gasteiger partial charge in [0.2, 0.25) is 0 Å². The van der Waals surface area contributed by atoms with Gasteiger partial charge in [0, 0.05) is 53.5 Å². The van der Waals surface area contributed by atoms with Crippen molar-refractivity contribution in [2.45, 2.75) is 177 Å². The summed E-state index contributed by atoms with van der Waals surface area (Å²) in [5.41, 5.74) is 2.41. The van der Waals surface area contributed by atoms with Crippen molar-refractivity contribution in [1.82, 2.24) is 0 Å². The zero-order chi connectivity index (χ0) is 36.1. The predicted molar refractivity (Wildman–Crippen MR) is 200 cm³/mol. The number of hydrogen-bond donors (Lipinski definition) is 1. The molecule has 0 amide bonds. The first-order valence-corrected chi connectivity index (χ1v) is 22.4. The lowest BCUT2D eigenvalue weighted by atomic mass is 9.86. The molecule has 8 unspecified atom stereocenters. The highest BCUT2D eigenvalue weighted by atomic mass is 127. The SMILES string of the molecule is C=C1CC[C@H](CC)OC1.C=C1COC(CC[C@@]23C[C@H]4OC5C(O2)[C@H]2OC(CC(=O)CC6CCO[C@H]6C)CCC2O[C@H]5C4O3)C1.CC(O)COSI. The molecular weight excluding hydrogens is 791 g/mol. The van der Waals surface area contributed by atoms with E-state index in [0.717, 1.165) is 70.2 Å². The van der Waals surface area contributed by atoms with E-state index in [1.807, 2.05) is 21.2 Å². The third-order valence-corrected chi connectivity index (χ3v) is 12.5. The lowest BCUT2D eigenvalue weighted by Gasteiger charge is -2.47. The zero-order valence-electron chi connectivity index (χ0n) is 30.5. The Hall–Kier alpha value is -0.170. The molecule has 9 heterocycles. The molecule has 6 bridgehead atoms. The van der Waals surface area contributed by atoms with Gasteiger partial charge in [0.1, 0.15) is 36.3 Å². The van der Waals surface area contributed by atoms with Crippen LogP contribution in [0.5, 0.6) is 0 Å². The summed E-state index contributed by atoms with van der Waals surface area (Å²) < 4.78 is 54.7. The second-order valence-electron chi connectivity index (χ2n) is 15.7. The Labute approximate surface area is 320 Å². The van der Waals surface area contributed by atoms with Crippen LogP contribution >= 0.6 is 30.4 Å². The zero-order valence-corrected chi connectivity index (χ0v) is 33.5. The van der Waals surface area contributed by atoms with Crippen molar-refractivity contribution in [1.29, 1.82) is 0 Å². The summed E-state index contributed by atoms with van der Waals surface area (Å²) in [5.74, 6) is -0.0826. The average Bonchev–Trinajstić information content (AvgIpc) is 3.84. The second-order valence-corrected chi connectivity index (χ2v) is 17.1. The highest BCUT2D eigenvalue weighted by Crippen LogP contribution is 2.54. The third kappa shape index (κ3) is 10.4. The number of fused-ring (bicyclic) bond motifs is 1. The fourth-order valence-corrected chi connectivity index (χ4v) is 9.43. The molecule has 0 spiro atoms. The van der Waals surface area contributed by atoms with Gasteiger partial charge in [0.05, 0.1) is 71.8 Å². The number of aliphatic hydroxyl groups excluding tert-OH is 1. The number of aliphatic hydroxyl groups is 1. The minimum Gasteiger partial charge on any atom is -0.391 e. The van der Waals surface area contributed by atoms with Crippen LogP contribution in [-0.4, -0.2) is 116 Å². The first-order chi connectivity index (χ1) is 24.6. The van der Waals surface area contributed by atoms with Crippen LogP contribution in [0.3, 0.4) is 0 Å². The van der Waals surface area contributed by atoms with Crippen LogP contribution < -0.4 is 0 Å². The maximum absolute atomic E-state index is 12.9. The molecule has 0 radical (unpaired) electrons. The van der Waals surface area contributed by atoms with Gasteiger partial charge in [-0.1, -0.05) is 25.7 Å². The Morgan fingerprint density at radius 1 is 0.922 bits per heavy atom. The topological polar surface area (TPSA) is 120 Å². The van der Waals surface area contributed by atoms with Crippen molar-refractivity contribution in [3.05, 3.63) is 24.3 Å². The van der Waals surface area contributed by atoms with E-state index in [0.29, 0.717) is 38.1 Å². The molecule has 9 saturated heterocycles. The Morgan fingerprint density at radius 3 is 2.31 bits per heavy atom. The van der Waals surface area contributed by atoms with E-state index in [-0.39, 0.29) is 72.9 Å². The lowest BCUT2D eigenvalue weighted by Crippen LogP contribution is -2.61. The monoisotopic (exact) mass is 850 g/mol. The predicted octanol–water partition coefficient (Wildman–Crippen LogP) is 6.37. The van der Waals surface area contributed by atoms with Gasteiger partial charge in [-0.3, -0.25) is 4.79 Å². The van der Waals surface area contributed by atoms with Crippen LogP contribution in [0.1, 0.15) is 97.8 Å². The van der Waals surface area contributed by atoms with Crippen molar-refractivity contribution >= 4 is 36.2 Å². The van der Waals surface area contributed by atoms with Gasteiger partial charge in [-0.2, -0.15) is 0 Å². The van der Waals surface area contributed by atoms with Gasteiger partial charge in [0.25, 0.3) is 0 Å². The molecule has 0 aromatic heterocycles. The normalized spacial score (nSPS) is 42.8.